The smallest absolute Gasteiger partial charge is 0.319 e. The van der Waals surface area contributed by atoms with Crippen LogP contribution in [-0.2, 0) is 14.3 Å². The second-order valence-corrected chi connectivity index (χ2v) is 4.34. The number of nitrogens with one attached hydrogen (secondary N) is 1. The molecule has 0 spiro atoms. The monoisotopic (exact) mass is 258 g/mol. The molecule has 0 saturated heterocycles. The summed E-state index contributed by atoms with van der Waals surface area (Å²) >= 11 is 0. The maximum Gasteiger partial charge on any atom is 0.319 e. The van der Waals surface area contributed by atoms with Crippen LogP contribution in [0.5, 0.6) is 0 Å². The summed E-state index contributed by atoms with van der Waals surface area (Å²) in [6.07, 6.45) is 1.83. The van der Waals surface area contributed by atoms with Gasteiger partial charge in [0.1, 0.15) is 0 Å². The van der Waals surface area contributed by atoms with Gasteiger partial charge in [0.25, 0.3) is 0 Å². The van der Waals surface area contributed by atoms with Crippen molar-refractivity contribution in [2.45, 2.75) is 52.6 Å². The van der Waals surface area contributed by atoms with E-state index >= 15 is 0 Å². The van der Waals surface area contributed by atoms with Crippen LogP contribution in [0.15, 0.2) is 0 Å². The first-order valence-electron chi connectivity index (χ1n) is 6.61. The topological polar surface area (TPSA) is 58.6 Å². The van der Waals surface area contributed by atoms with Crippen molar-refractivity contribution in [3.63, 3.8) is 0 Å². The number of rotatable bonds is 8. The maximum absolute atomic E-state index is 12.0. The molecular formula is C13H26N2O3. The molecule has 0 aliphatic heterocycles. The first-order valence-corrected chi connectivity index (χ1v) is 6.61. The van der Waals surface area contributed by atoms with Crippen LogP contribution in [-0.4, -0.2) is 49.1 Å². The molecule has 106 valence electrons. The summed E-state index contributed by atoms with van der Waals surface area (Å²) in [7, 11) is 1.35. The van der Waals surface area contributed by atoms with Crippen molar-refractivity contribution in [2.24, 2.45) is 0 Å². The molecule has 0 aliphatic rings. The Hall–Kier alpha value is -1.10. The normalized spacial score (nSPS) is 12.6. The summed E-state index contributed by atoms with van der Waals surface area (Å²) in [4.78, 5) is 25.1. The van der Waals surface area contributed by atoms with Crippen molar-refractivity contribution < 1.29 is 14.3 Å². The largest absolute Gasteiger partial charge is 0.468 e. The Morgan fingerprint density at radius 1 is 1.22 bits per heavy atom. The predicted molar refractivity (Wildman–Crippen MR) is 71.2 cm³/mol. The van der Waals surface area contributed by atoms with E-state index in [1.807, 2.05) is 27.7 Å². The van der Waals surface area contributed by atoms with Gasteiger partial charge in [0, 0.05) is 6.04 Å². The molecule has 1 unspecified atom stereocenters. The molecular weight excluding hydrogens is 232 g/mol. The molecule has 18 heavy (non-hydrogen) atoms. The average Bonchev–Trinajstić information content (AvgIpc) is 2.40. The number of ether oxygens (including phenoxy) is 1. The van der Waals surface area contributed by atoms with Gasteiger partial charge in [-0.2, -0.15) is 0 Å². The highest BCUT2D eigenvalue weighted by Gasteiger charge is 2.23. The third-order valence-electron chi connectivity index (χ3n) is 3.23. The van der Waals surface area contributed by atoms with Crippen LogP contribution >= 0.6 is 0 Å². The van der Waals surface area contributed by atoms with E-state index in [2.05, 4.69) is 10.1 Å². The van der Waals surface area contributed by atoms with Gasteiger partial charge in [-0.05, 0) is 26.3 Å². The zero-order valence-corrected chi connectivity index (χ0v) is 12.2. The molecule has 5 heteroatoms. The van der Waals surface area contributed by atoms with E-state index in [4.69, 9.17) is 0 Å². The van der Waals surface area contributed by atoms with E-state index in [0.717, 1.165) is 12.8 Å². The number of hydrogen-bond donors (Lipinski definition) is 1. The second-order valence-electron chi connectivity index (χ2n) is 4.34. The number of carbonyl (C=O) groups excluding carboxylic acids is 2. The average molecular weight is 258 g/mol. The van der Waals surface area contributed by atoms with E-state index in [1.54, 1.807) is 4.90 Å². The van der Waals surface area contributed by atoms with Gasteiger partial charge in [0.2, 0.25) is 5.91 Å². The molecule has 1 amide bonds. The third kappa shape index (κ3) is 5.49. The highest BCUT2D eigenvalue weighted by Crippen LogP contribution is 2.03. The summed E-state index contributed by atoms with van der Waals surface area (Å²) in [6.45, 7) is 8.60. The molecule has 1 atom stereocenters. The van der Waals surface area contributed by atoms with Crippen LogP contribution in [0.2, 0.25) is 0 Å². The van der Waals surface area contributed by atoms with Gasteiger partial charge in [-0.15, -0.1) is 0 Å². The molecule has 0 aromatic carbocycles. The number of amides is 1. The SMILES string of the molecule is CCC(CC)NC(=O)C(C)N(CC)CC(=O)OC. The minimum absolute atomic E-state index is 0.0329. The minimum atomic E-state index is -0.324. The van der Waals surface area contributed by atoms with Crippen molar-refractivity contribution in [2.75, 3.05) is 20.2 Å². The van der Waals surface area contributed by atoms with Crippen LogP contribution in [0.4, 0.5) is 0 Å². The number of esters is 1. The maximum atomic E-state index is 12.0. The molecule has 0 heterocycles. The van der Waals surface area contributed by atoms with E-state index in [-0.39, 0.29) is 30.5 Å². The van der Waals surface area contributed by atoms with Crippen molar-refractivity contribution >= 4 is 11.9 Å². The third-order valence-corrected chi connectivity index (χ3v) is 3.23. The van der Waals surface area contributed by atoms with Gasteiger partial charge in [-0.1, -0.05) is 20.8 Å². The molecule has 0 saturated carbocycles. The first-order chi connectivity index (χ1) is 8.49. The number of nitrogens with zero attached hydrogens (tertiary/aromatic N) is 1. The first kappa shape index (κ1) is 16.9. The number of carbonyl (C=O) groups is 2. The summed E-state index contributed by atoms with van der Waals surface area (Å²) in [5.41, 5.74) is 0. The molecule has 0 aliphatic carbocycles. The van der Waals surface area contributed by atoms with Gasteiger partial charge < -0.3 is 10.1 Å². The minimum Gasteiger partial charge on any atom is -0.468 e. The number of methoxy groups -OCH3 is 1. The molecule has 0 radical (unpaired) electrons. The van der Waals surface area contributed by atoms with Crippen molar-refractivity contribution in [3.8, 4) is 0 Å². The van der Waals surface area contributed by atoms with Crippen molar-refractivity contribution in [1.82, 2.24) is 10.2 Å². The fraction of sp³-hybridized carbons (Fsp3) is 0.846. The standard InChI is InChI=1S/C13H26N2O3/c1-6-11(7-2)14-13(17)10(4)15(8-3)9-12(16)18-5/h10-11H,6-9H2,1-5H3,(H,14,17). The van der Waals surface area contributed by atoms with Crippen LogP contribution < -0.4 is 5.32 Å². The summed E-state index contributed by atoms with van der Waals surface area (Å²) in [6, 6.07) is -0.119. The second kappa shape index (κ2) is 8.91. The van der Waals surface area contributed by atoms with Crippen LogP contribution in [0.3, 0.4) is 0 Å². The fourth-order valence-corrected chi connectivity index (χ4v) is 1.73. The molecule has 0 rings (SSSR count). The van der Waals surface area contributed by atoms with Gasteiger partial charge in [-0.3, -0.25) is 14.5 Å². The summed E-state index contributed by atoms with van der Waals surface area (Å²) < 4.78 is 4.62. The lowest BCUT2D eigenvalue weighted by molar-refractivity contribution is -0.143. The van der Waals surface area contributed by atoms with E-state index in [0.29, 0.717) is 6.54 Å². The fourth-order valence-electron chi connectivity index (χ4n) is 1.73. The van der Waals surface area contributed by atoms with Gasteiger partial charge in [-0.25, -0.2) is 0 Å². The highest BCUT2D eigenvalue weighted by molar-refractivity contribution is 5.82. The Morgan fingerprint density at radius 3 is 2.17 bits per heavy atom. The Labute approximate surface area is 110 Å². The zero-order chi connectivity index (χ0) is 14.1. The van der Waals surface area contributed by atoms with Gasteiger partial charge >= 0.3 is 5.97 Å². The molecule has 0 fully saturated rings. The van der Waals surface area contributed by atoms with E-state index < -0.39 is 0 Å². The quantitative estimate of drug-likeness (QED) is 0.664. The van der Waals surface area contributed by atoms with Crippen molar-refractivity contribution in [3.05, 3.63) is 0 Å². The van der Waals surface area contributed by atoms with Gasteiger partial charge in [0.15, 0.2) is 0 Å². The van der Waals surface area contributed by atoms with Crippen molar-refractivity contribution in [1.29, 1.82) is 0 Å². The summed E-state index contributed by atoms with van der Waals surface area (Å²) in [5, 5.41) is 2.99. The lowest BCUT2D eigenvalue weighted by atomic mass is 10.1. The van der Waals surface area contributed by atoms with E-state index in [1.165, 1.54) is 7.11 Å². The Morgan fingerprint density at radius 2 is 1.78 bits per heavy atom. The Balaban J connectivity index is 4.43. The van der Waals surface area contributed by atoms with Crippen LogP contribution in [0.1, 0.15) is 40.5 Å². The van der Waals surface area contributed by atoms with Gasteiger partial charge in [0.05, 0.1) is 19.7 Å². The molecule has 0 bridgehead atoms. The Bertz CT molecular complexity index is 265. The lowest BCUT2D eigenvalue weighted by Gasteiger charge is -2.27. The number of likely N-dealkylation sites (N-methyl/N-ethyl adjacent to an activating group) is 1. The molecule has 5 nitrogen and oxygen atoms in total. The van der Waals surface area contributed by atoms with Crippen LogP contribution in [0.25, 0.3) is 0 Å². The molecule has 1 N–H and O–H groups in total. The Kier molecular flexibility index (Phi) is 8.37. The molecule has 0 aromatic heterocycles. The highest BCUT2D eigenvalue weighted by atomic mass is 16.5. The number of hydrogen-bond acceptors (Lipinski definition) is 4. The predicted octanol–water partition coefficient (Wildman–Crippen LogP) is 1.17. The van der Waals surface area contributed by atoms with Crippen LogP contribution in [0, 0.1) is 0 Å². The lowest BCUT2D eigenvalue weighted by Crippen LogP contribution is -2.49. The zero-order valence-electron chi connectivity index (χ0n) is 12.2. The summed E-state index contributed by atoms with van der Waals surface area (Å²) in [5.74, 6) is -0.353. The molecule has 0 aromatic rings. The van der Waals surface area contributed by atoms with E-state index in [9.17, 15) is 9.59 Å².